The van der Waals surface area contributed by atoms with E-state index in [4.69, 9.17) is 18.5 Å². The summed E-state index contributed by atoms with van der Waals surface area (Å²) in [4.78, 5) is 4.28. The quantitative estimate of drug-likeness (QED) is 0.580. The van der Waals surface area contributed by atoms with Crippen molar-refractivity contribution in [3.8, 4) is 11.6 Å². The molecule has 6 heteroatoms. The molecule has 1 aliphatic heterocycles. The fraction of sp³-hybridized carbons (Fsp3) is 0.409. The molecule has 4 rings (SSSR count). The van der Waals surface area contributed by atoms with Gasteiger partial charge in [0.25, 0.3) is 5.88 Å². The number of aromatic nitrogens is 1. The minimum absolute atomic E-state index is 0.363. The Bertz CT molecular complexity index is 948. The Labute approximate surface area is 167 Å². The van der Waals surface area contributed by atoms with Crippen LogP contribution in [-0.4, -0.2) is 23.3 Å². The van der Waals surface area contributed by atoms with Gasteiger partial charge in [0, 0.05) is 11.6 Å². The van der Waals surface area contributed by atoms with Crippen LogP contribution in [0.5, 0.6) is 11.6 Å². The van der Waals surface area contributed by atoms with Crippen LogP contribution in [0.25, 0.3) is 11.0 Å². The van der Waals surface area contributed by atoms with Gasteiger partial charge in [0.05, 0.1) is 17.5 Å². The molecule has 2 aromatic heterocycles. The van der Waals surface area contributed by atoms with E-state index in [1.54, 1.807) is 12.5 Å². The van der Waals surface area contributed by atoms with Gasteiger partial charge < -0.3 is 18.5 Å². The highest BCUT2D eigenvalue weighted by molar-refractivity contribution is 6.62. The van der Waals surface area contributed by atoms with E-state index in [1.165, 1.54) is 0 Å². The number of rotatable bonds is 3. The van der Waals surface area contributed by atoms with Gasteiger partial charge in [0.15, 0.2) is 5.58 Å². The van der Waals surface area contributed by atoms with Crippen molar-refractivity contribution in [1.82, 2.24) is 4.98 Å². The van der Waals surface area contributed by atoms with Gasteiger partial charge in [-0.3, -0.25) is 0 Å². The zero-order valence-electron chi connectivity index (χ0n) is 17.7. The average molecular weight is 381 g/mol. The van der Waals surface area contributed by atoms with Crippen LogP contribution in [0.15, 0.2) is 47.2 Å². The fourth-order valence-corrected chi connectivity index (χ4v) is 3.00. The van der Waals surface area contributed by atoms with Crippen LogP contribution in [0.2, 0.25) is 0 Å². The molecule has 1 aromatic carbocycles. The monoisotopic (exact) mass is 381 g/mol. The Morgan fingerprint density at radius 1 is 0.964 bits per heavy atom. The van der Waals surface area contributed by atoms with Gasteiger partial charge >= 0.3 is 7.12 Å². The summed E-state index contributed by atoms with van der Waals surface area (Å²) in [6, 6.07) is 9.62. The SMILES string of the molecule is CC.Cc1cc(Oc2nccc3ccoc23)ccc1B1OC(C)(C)C(C)(C)O1. The van der Waals surface area contributed by atoms with Crippen LogP contribution in [0.4, 0.5) is 0 Å². The minimum atomic E-state index is -0.388. The van der Waals surface area contributed by atoms with Crippen molar-refractivity contribution >= 4 is 23.6 Å². The van der Waals surface area contributed by atoms with Gasteiger partial charge in [-0.25, -0.2) is 4.98 Å². The molecule has 3 heterocycles. The van der Waals surface area contributed by atoms with Crippen molar-refractivity contribution in [1.29, 1.82) is 0 Å². The molecule has 5 nitrogen and oxygen atoms in total. The number of pyridine rings is 1. The van der Waals surface area contributed by atoms with Crippen LogP contribution < -0.4 is 10.2 Å². The molecule has 0 aliphatic carbocycles. The number of benzene rings is 1. The van der Waals surface area contributed by atoms with Crippen molar-refractivity contribution in [2.45, 2.75) is 59.7 Å². The zero-order chi connectivity index (χ0) is 20.5. The van der Waals surface area contributed by atoms with Gasteiger partial charge in [-0.05, 0) is 69.9 Å². The average Bonchev–Trinajstić information content (AvgIpc) is 3.19. The molecule has 0 amide bonds. The molecule has 148 valence electrons. The van der Waals surface area contributed by atoms with Crippen molar-refractivity contribution in [2.24, 2.45) is 0 Å². The summed E-state index contributed by atoms with van der Waals surface area (Å²) in [5, 5.41) is 0.959. The van der Waals surface area contributed by atoms with E-state index in [1.807, 2.05) is 51.1 Å². The second-order valence-electron chi connectivity index (χ2n) is 7.66. The lowest BCUT2D eigenvalue weighted by Crippen LogP contribution is -2.41. The highest BCUT2D eigenvalue weighted by atomic mass is 16.7. The minimum Gasteiger partial charge on any atom is -0.459 e. The van der Waals surface area contributed by atoms with Crippen LogP contribution >= 0.6 is 0 Å². The predicted octanol–water partition coefficient (Wildman–Crippen LogP) is 5.25. The van der Waals surface area contributed by atoms with E-state index >= 15 is 0 Å². The summed E-state index contributed by atoms with van der Waals surface area (Å²) in [6.07, 6.45) is 3.34. The molecule has 0 atom stereocenters. The summed E-state index contributed by atoms with van der Waals surface area (Å²) < 4.78 is 23.7. The van der Waals surface area contributed by atoms with Gasteiger partial charge in [0.1, 0.15) is 5.75 Å². The van der Waals surface area contributed by atoms with Crippen molar-refractivity contribution in [3.05, 3.63) is 48.4 Å². The Morgan fingerprint density at radius 3 is 2.29 bits per heavy atom. The van der Waals surface area contributed by atoms with Crippen molar-refractivity contribution < 1.29 is 18.5 Å². The van der Waals surface area contributed by atoms with E-state index in [9.17, 15) is 0 Å². The summed E-state index contributed by atoms with van der Waals surface area (Å²) in [6.45, 7) is 14.2. The molecule has 1 aliphatic rings. The summed E-state index contributed by atoms with van der Waals surface area (Å²) in [5.41, 5.74) is 1.95. The Morgan fingerprint density at radius 2 is 1.64 bits per heavy atom. The number of ether oxygens (including phenoxy) is 1. The largest absolute Gasteiger partial charge is 0.495 e. The number of aryl methyl sites for hydroxylation is 1. The van der Waals surface area contributed by atoms with E-state index in [2.05, 4.69) is 32.7 Å². The lowest BCUT2D eigenvalue weighted by Gasteiger charge is -2.32. The maximum absolute atomic E-state index is 6.15. The Balaban J connectivity index is 0.00000109. The number of fused-ring (bicyclic) bond motifs is 1. The van der Waals surface area contributed by atoms with Gasteiger partial charge in [-0.2, -0.15) is 0 Å². The first-order valence-corrected chi connectivity index (χ1v) is 9.73. The third-order valence-corrected chi connectivity index (χ3v) is 5.30. The molecule has 0 radical (unpaired) electrons. The molecular weight excluding hydrogens is 353 g/mol. The van der Waals surface area contributed by atoms with Gasteiger partial charge in [-0.1, -0.05) is 19.9 Å². The van der Waals surface area contributed by atoms with E-state index < -0.39 is 0 Å². The number of hydrogen-bond acceptors (Lipinski definition) is 5. The summed E-state index contributed by atoms with van der Waals surface area (Å²) >= 11 is 0. The second-order valence-corrected chi connectivity index (χ2v) is 7.66. The molecule has 0 saturated carbocycles. The van der Waals surface area contributed by atoms with Crippen molar-refractivity contribution in [2.75, 3.05) is 0 Å². The highest BCUT2D eigenvalue weighted by Gasteiger charge is 2.52. The smallest absolute Gasteiger partial charge is 0.459 e. The molecule has 1 saturated heterocycles. The third-order valence-electron chi connectivity index (χ3n) is 5.30. The molecule has 28 heavy (non-hydrogen) atoms. The molecule has 0 N–H and O–H groups in total. The topological polar surface area (TPSA) is 53.7 Å². The molecule has 0 spiro atoms. The van der Waals surface area contributed by atoms with Crippen LogP contribution in [0.1, 0.15) is 47.1 Å². The first kappa shape index (κ1) is 20.4. The number of hydrogen-bond donors (Lipinski definition) is 0. The summed E-state index contributed by atoms with van der Waals surface area (Å²) in [7, 11) is -0.388. The molecule has 3 aromatic rings. The zero-order valence-corrected chi connectivity index (χ0v) is 17.7. The van der Waals surface area contributed by atoms with Crippen LogP contribution in [0.3, 0.4) is 0 Å². The first-order chi connectivity index (χ1) is 13.3. The van der Waals surface area contributed by atoms with Crippen LogP contribution in [0, 0.1) is 6.92 Å². The second kappa shape index (κ2) is 7.61. The lowest BCUT2D eigenvalue weighted by atomic mass is 9.76. The first-order valence-electron chi connectivity index (χ1n) is 9.73. The standard InChI is InChI=1S/C20H22BNO4.C2H6/c1-13-12-15(24-18-17-14(8-10-22-18)9-11-23-17)6-7-16(13)21-25-19(2,3)20(4,5)26-21;1-2/h6-12H,1-5H3;1-2H3. The number of furan rings is 1. The van der Waals surface area contributed by atoms with Crippen molar-refractivity contribution in [3.63, 3.8) is 0 Å². The molecular formula is C22H28BNO4. The third kappa shape index (κ3) is 3.67. The normalized spacial score (nSPS) is 17.3. The molecule has 0 bridgehead atoms. The Hall–Kier alpha value is -2.31. The Kier molecular flexibility index (Phi) is 5.55. The van der Waals surface area contributed by atoms with Crippen LogP contribution in [-0.2, 0) is 9.31 Å². The molecule has 0 unspecified atom stereocenters. The van der Waals surface area contributed by atoms with Gasteiger partial charge in [-0.15, -0.1) is 0 Å². The predicted molar refractivity (Wildman–Crippen MR) is 112 cm³/mol. The fourth-order valence-electron chi connectivity index (χ4n) is 3.00. The van der Waals surface area contributed by atoms with Gasteiger partial charge in [0.2, 0.25) is 0 Å². The highest BCUT2D eigenvalue weighted by Crippen LogP contribution is 2.37. The van der Waals surface area contributed by atoms with E-state index in [-0.39, 0.29) is 18.3 Å². The summed E-state index contributed by atoms with van der Waals surface area (Å²) in [5.74, 6) is 1.15. The van der Waals surface area contributed by atoms with E-state index in [0.29, 0.717) is 17.2 Å². The maximum Gasteiger partial charge on any atom is 0.495 e. The maximum atomic E-state index is 6.15. The van der Waals surface area contributed by atoms with E-state index in [0.717, 1.165) is 16.4 Å². The molecule has 1 fully saturated rings. The lowest BCUT2D eigenvalue weighted by molar-refractivity contribution is 0.00578. The number of nitrogens with zero attached hydrogens (tertiary/aromatic N) is 1.